The van der Waals surface area contributed by atoms with Crippen molar-refractivity contribution < 1.29 is 33.0 Å². The zero-order valence-corrected chi connectivity index (χ0v) is 14.6. The summed E-state index contributed by atoms with van der Waals surface area (Å²) in [6.45, 7) is 1.42. The Morgan fingerprint density at radius 1 is 1.17 bits per heavy atom. The Kier molecular flexibility index (Phi) is 4.97. The Morgan fingerprint density at radius 2 is 1.83 bits per heavy atom. The molecular formula is C18H12F3N3O5. The van der Waals surface area contributed by atoms with Crippen LogP contribution >= 0.6 is 0 Å². The summed E-state index contributed by atoms with van der Waals surface area (Å²) in [5.41, 5.74) is -1.08. The molecule has 0 bridgehead atoms. The third-order valence-corrected chi connectivity index (χ3v) is 3.97. The van der Waals surface area contributed by atoms with Gasteiger partial charge in [0.2, 0.25) is 11.1 Å². The number of carboxylic acids is 1. The number of aromatic nitrogens is 2. The third kappa shape index (κ3) is 3.88. The molecule has 3 rings (SSSR count). The molecule has 2 N–H and O–H groups in total. The number of benzene rings is 2. The Morgan fingerprint density at radius 3 is 2.38 bits per heavy atom. The number of ether oxygens (including phenoxy) is 1. The van der Waals surface area contributed by atoms with E-state index in [9.17, 15) is 27.9 Å². The second-order valence-corrected chi connectivity index (χ2v) is 5.82. The van der Waals surface area contributed by atoms with E-state index in [1.54, 1.807) is 0 Å². The first-order valence-electron chi connectivity index (χ1n) is 7.97. The fraction of sp³-hybridized carbons (Fsp3) is 0.111. The Hall–Kier alpha value is -3.89. The van der Waals surface area contributed by atoms with Crippen LogP contribution in [0, 0.1) is 0 Å². The van der Waals surface area contributed by atoms with E-state index in [-0.39, 0.29) is 27.9 Å². The largest absolute Gasteiger partial charge is 0.573 e. The van der Waals surface area contributed by atoms with E-state index >= 15 is 0 Å². The van der Waals surface area contributed by atoms with E-state index in [1.165, 1.54) is 37.3 Å². The molecule has 0 atom stereocenters. The first-order valence-corrected chi connectivity index (χ1v) is 7.97. The van der Waals surface area contributed by atoms with Gasteiger partial charge in [-0.2, -0.15) is 5.10 Å². The highest BCUT2D eigenvalue weighted by atomic mass is 19.4. The number of aromatic carboxylic acids is 1. The highest BCUT2D eigenvalue weighted by molar-refractivity contribution is 6.09. The summed E-state index contributed by atoms with van der Waals surface area (Å²) in [4.78, 5) is 24.2. The second-order valence-electron chi connectivity index (χ2n) is 5.82. The van der Waals surface area contributed by atoms with Crippen molar-refractivity contribution in [2.45, 2.75) is 13.3 Å². The monoisotopic (exact) mass is 407 g/mol. The molecule has 8 nitrogen and oxygen atoms in total. The van der Waals surface area contributed by atoms with Crippen LogP contribution in [-0.4, -0.2) is 38.1 Å². The number of carboxylic acid groups (broad SMARTS) is 1. The zero-order valence-electron chi connectivity index (χ0n) is 14.6. The topological polar surface area (TPSA) is 114 Å². The minimum absolute atomic E-state index is 0.0641. The van der Waals surface area contributed by atoms with Gasteiger partial charge in [0.05, 0.1) is 22.3 Å². The first kappa shape index (κ1) is 19.9. The van der Waals surface area contributed by atoms with Crippen molar-refractivity contribution >= 4 is 22.6 Å². The van der Waals surface area contributed by atoms with Crippen molar-refractivity contribution in [1.82, 2.24) is 9.78 Å². The lowest BCUT2D eigenvalue weighted by Gasteiger charge is -2.14. The molecule has 0 amide bonds. The third-order valence-electron chi connectivity index (χ3n) is 3.97. The van der Waals surface area contributed by atoms with Gasteiger partial charge in [-0.15, -0.1) is 13.2 Å². The highest BCUT2D eigenvalue weighted by Gasteiger charge is 2.31. The van der Waals surface area contributed by atoms with Crippen molar-refractivity contribution in [1.29, 1.82) is 0 Å². The molecule has 0 fully saturated rings. The maximum Gasteiger partial charge on any atom is 0.573 e. The van der Waals surface area contributed by atoms with Crippen molar-refractivity contribution in [3.8, 4) is 11.4 Å². The molecule has 0 saturated heterocycles. The number of hydrogen-bond acceptors (Lipinski definition) is 6. The standard InChI is InChI=1S/C18H12F3N3O5/c1-9(23-28)12-3-2-4-13-14(12)16(25)15(17(26)27)22-24(13)10-5-7-11(8-6-10)29-18(19,20)21/h2-8,28H,1H3,(H,26,27)/b23-9+. The Labute approximate surface area is 160 Å². The summed E-state index contributed by atoms with van der Waals surface area (Å²) in [5, 5.41) is 25.2. The van der Waals surface area contributed by atoms with Crippen LogP contribution in [-0.2, 0) is 0 Å². The highest BCUT2D eigenvalue weighted by Crippen LogP contribution is 2.25. The van der Waals surface area contributed by atoms with Crippen LogP contribution in [0.25, 0.3) is 16.6 Å². The molecule has 0 radical (unpaired) electrons. The van der Waals surface area contributed by atoms with Gasteiger partial charge in [-0.25, -0.2) is 9.48 Å². The van der Waals surface area contributed by atoms with Crippen LogP contribution in [0.5, 0.6) is 5.75 Å². The molecule has 29 heavy (non-hydrogen) atoms. The summed E-state index contributed by atoms with van der Waals surface area (Å²) in [5.74, 6) is -2.06. The molecule has 2 aromatic carbocycles. The second kappa shape index (κ2) is 7.26. The van der Waals surface area contributed by atoms with E-state index < -0.39 is 29.2 Å². The number of oxime groups is 1. The van der Waals surface area contributed by atoms with E-state index in [2.05, 4.69) is 15.0 Å². The van der Waals surface area contributed by atoms with Crippen LogP contribution in [0.4, 0.5) is 13.2 Å². The van der Waals surface area contributed by atoms with Gasteiger partial charge in [-0.05, 0) is 37.3 Å². The molecule has 0 aliphatic rings. The molecule has 0 unspecified atom stereocenters. The van der Waals surface area contributed by atoms with Gasteiger partial charge in [0.1, 0.15) is 5.75 Å². The van der Waals surface area contributed by atoms with Crippen molar-refractivity contribution in [3.05, 3.63) is 63.9 Å². The van der Waals surface area contributed by atoms with Gasteiger partial charge < -0.3 is 15.1 Å². The predicted octanol–water partition coefficient (Wildman–Crippen LogP) is 3.18. The van der Waals surface area contributed by atoms with E-state index in [0.717, 1.165) is 16.8 Å². The number of alkyl halides is 3. The molecule has 0 saturated carbocycles. The summed E-state index contributed by atoms with van der Waals surface area (Å²) >= 11 is 0. The maximum absolute atomic E-state index is 12.7. The molecule has 1 aromatic heterocycles. The number of fused-ring (bicyclic) bond motifs is 1. The molecule has 150 valence electrons. The minimum atomic E-state index is -4.86. The summed E-state index contributed by atoms with van der Waals surface area (Å²) in [6.07, 6.45) is -4.86. The molecule has 0 spiro atoms. The summed E-state index contributed by atoms with van der Waals surface area (Å²) < 4.78 is 41.9. The number of carbonyl (C=O) groups is 1. The van der Waals surface area contributed by atoms with Crippen LogP contribution < -0.4 is 10.2 Å². The lowest BCUT2D eigenvalue weighted by Crippen LogP contribution is -2.24. The smallest absolute Gasteiger partial charge is 0.476 e. The summed E-state index contributed by atoms with van der Waals surface area (Å²) in [7, 11) is 0. The lowest BCUT2D eigenvalue weighted by atomic mass is 10.0. The number of rotatable bonds is 4. The molecule has 3 aromatic rings. The van der Waals surface area contributed by atoms with E-state index in [0.29, 0.717) is 0 Å². The Balaban J connectivity index is 2.29. The Bertz CT molecular complexity index is 1180. The van der Waals surface area contributed by atoms with Crippen molar-refractivity contribution in [3.63, 3.8) is 0 Å². The van der Waals surface area contributed by atoms with Gasteiger partial charge in [-0.1, -0.05) is 17.3 Å². The molecular weight excluding hydrogens is 395 g/mol. The number of nitrogens with zero attached hydrogens (tertiary/aromatic N) is 3. The first-order chi connectivity index (χ1) is 13.6. The van der Waals surface area contributed by atoms with E-state index in [4.69, 9.17) is 5.21 Å². The van der Waals surface area contributed by atoms with Crippen LogP contribution in [0.3, 0.4) is 0 Å². The van der Waals surface area contributed by atoms with Crippen LogP contribution in [0.15, 0.2) is 52.4 Å². The van der Waals surface area contributed by atoms with Gasteiger partial charge >= 0.3 is 12.3 Å². The lowest BCUT2D eigenvalue weighted by molar-refractivity contribution is -0.274. The fourth-order valence-corrected chi connectivity index (χ4v) is 2.75. The zero-order chi connectivity index (χ0) is 21.3. The molecule has 0 aliphatic carbocycles. The van der Waals surface area contributed by atoms with Gasteiger partial charge in [0.25, 0.3) is 0 Å². The fourth-order valence-electron chi connectivity index (χ4n) is 2.75. The number of halogens is 3. The SMILES string of the molecule is C/C(=N\O)c1cccc2c1c(=O)c(C(=O)O)nn2-c1ccc(OC(F)(F)F)cc1. The average molecular weight is 407 g/mol. The number of hydrogen-bond donors (Lipinski definition) is 2. The predicted molar refractivity (Wildman–Crippen MR) is 95.0 cm³/mol. The van der Waals surface area contributed by atoms with Crippen LogP contribution in [0.2, 0.25) is 0 Å². The van der Waals surface area contributed by atoms with E-state index in [1.807, 2.05) is 0 Å². The van der Waals surface area contributed by atoms with Crippen LogP contribution in [0.1, 0.15) is 23.0 Å². The van der Waals surface area contributed by atoms with Gasteiger partial charge in [0.15, 0.2) is 0 Å². The summed E-state index contributed by atoms with van der Waals surface area (Å²) in [6, 6.07) is 8.98. The minimum Gasteiger partial charge on any atom is -0.476 e. The molecule has 0 aliphatic heterocycles. The average Bonchev–Trinajstić information content (AvgIpc) is 2.66. The molecule has 11 heteroatoms. The quantitative estimate of drug-likeness (QED) is 0.390. The van der Waals surface area contributed by atoms with Crippen molar-refractivity contribution in [2.75, 3.05) is 0 Å². The maximum atomic E-state index is 12.7. The molecule has 1 heterocycles. The normalized spacial score (nSPS) is 12.2. The van der Waals surface area contributed by atoms with Gasteiger partial charge in [0, 0.05) is 5.56 Å². The van der Waals surface area contributed by atoms with Gasteiger partial charge in [-0.3, -0.25) is 4.79 Å². The van der Waals surface area contributed by atoms with Crippen molar-refractivity contribution in [2.24, 2.45) is 5.16 Å².